The summed E-state index contributed by atoms with van der Waals surface area (Å²) in [6.45, 7) is 0. The molecule has 1 N–H and O–H groups in total. The molecule has 5 rings (SSSR count). The van der Waals surface area contributed by atoms with Crippen LogP contribution in [0.4, 0.5) is 0 Å². The number of hydrogen-bond donors (Lipinski definition) is 1. The number of carboxylic acid groups (broad SMARTS) is 1. The van der Waals surface area contributed by atoms with Gasteiger partial charge >= 0.3 is 5.97 Å². The topological polar surface area (TPSA) is 99.4 Å². The van der Waals surface area contributed by atoms with Gasteiger partial charge in [-0.3, -0.25) is 14.4 Å². The second-order valence-electron chi connectivity index (χ2n) is 8.81. The number of allylic oxidation sites excluding steroid dienone is 5. The van der Waals surface area contributed by atoms with Crippen LogP contribution in [-0.2, 0) is 14.4 Å². The second-order valence-corrected chi connectivity index (χ2v) is 9.68. The van der Waals surface area contributed by atoms with Crippen LogP contribution in [0.2, 0.25) is 10.0 Å². The Kier molecular flexibility index (Phi) is 6.91. The van der Waals surface area contributed by atoms with Crippen LogP contribution in [0.25, 0.3) is 5.57 Å². The maximum absolute atomic E-state index is 13.5. The molecule has 0 bridgehead atoms. The van der Waals surface area contributed by atoms with E-state index in [1.165, 1.54) is 5.01 Å². The molecule has 0 spiro atoms. The number of halogens is 2. The molecule has 0 saturated carbocycles. The van der Waals surface area contributed by atoms with Gasteiger partial charge in [0.05, 0.1) is 29.5 Å². The number of rotatable bonds is 6. The van der Waals surface area contributed by atoms with Gasteiger partial charge in [0.1, 0.15) is 0 Å². The number of carbonyl (C=O) groups is 3. The highest BCUT2D eigenvalue weighted by Gasteiger charge is 2.39. The third-order valence-corrected chi connectivity index (χ3v) is 6.95. The molecule has 1 aliphatic carbocycles. The van der Waals surface area contributed by atoms with E-state index < -0.39 is 23.8 Å². The summed E-state index contributed by atoms with van der Waals surface area (Å²) < 4.78 is 0. The van der Waals surface area contributed by atoms with Crippen LogP contribution in [0.3, 0.4) is 0 Å². The molecule has 37 heavy (non-hydrogen) atoms. The number of fused-ring (bicyclic) bond motifs is 1. The third-order valence-electron chi connectivity index (χ3n) is 6.44. The molecule has 0 radical (unpaired) electrons. The first-order valence-corrected chi connectivity index (χ1v) is 12.4. The summed E-state index contributed by atoms with van der Waals surface area (Å²) in [5.74, 6) is -2.23. The molecule has 2 atom stereocenters. The number of hydrogen-bond acceptors (Lipinski definition) is 4. The van der Waals surface area contributed by atoms with Crippen molar-refractivity contribution in [1.29, 1.82) is 0 Å². The highest BCUT2D eigenvalue weighted by Crippen LogP contribution is 2.41. The number of carboxylic acids is 1. The zero-order chi connectivity index (χ0) is 26.1. The number of benzene rings is 2. The zero-order valence-electron chi connectivity index (χ0n) is 19.5. The van der Waals surface area contributed by atoms with Gasteiger partial charge in [-0.25, -0.2) is 10.0 Å². The predicted molar refractivity (Wildman–Crippen MR) is 143 cm³/mol. The summed E-state index contributed by atoms with van der Waals surface area (Å²) in [6.07, 6.45) is 7.24. The lowest BCUT2D eigenvalue weighted by atomic mass is 9.79. The molecular weight excluding hydrogens is 513 g/mol. The van der Waals surface area contributed by atoms with Crippen LogP contribution < -0.4 is 0 Å². The molecule has 2 aromatic rings. The Morgan fingerprint density at radius 1 is 0.973 bits per heavy atom. The van der Waals surface area contributed by atoms with Crippen LogP contribution in [-0.4, -0.2) is 39.3 Å². The SMILES string of the molecule is O=C(O)CCC(=O)N1N=C(C2=C(c3ccc(Cl)cc3)C3C=CC=CC3=NC2=O)CC1c1ccc(Cl)cc1. The molecule has 2 amide bonds. The molecule has 2 aromatic carbocycles. The first kappa shape index (κ1) is 24.9. The van der Waals surface area contributed by atoms with Crippen LogP contribution >= 0.6 is 23.2 Å². The molecule has 9 heteroatoms. The largest absolute Gasteiger partial charge is 0.481 e. The van der Waals surface area contributed by atoms with E-state index in [1.54, 1.807) is 36.4 Å². The average molecular weight is 534 g/mol. The molecule has 186 valence electrons. The lowest BCUT2D eigenvalue weighted by molar-refractivity contribution is -0.141. The minimum absolute atomic E-state index is 0.217. The Hall–Kier alpha value is -3.81. The normalized spacial score (nSPS) is 20.6. The number of carbonyl (C=O) groups excluding carboxylic acids is 2. The molecule has 0 fully saturated rings. The van der Waals surface area contributed by atoms with Crippen molar-refractivity contribution in [2.45, 2.75) is 25.3 Å². The van der Waals surface area contributed by atoms with Crippen molar-refractivity contribution < 1.29 is 19.5 Å². The fourth-order valence-electron chi connectivity index (χ4n) is 4.72. The Bertz CT molecular complexity index is 1440. The van der Waals surface area contributed by atoms with Crippen LogP contribution in [0, 0.1) is 5.92 Å². The van der Waals surface area contributed by atoms with E-state index in [9.17, 15) is 14.4 Å². The van der Waals surface area contributed by atoms with E-state index in [-0.39, 0.29) is 25.2 Å². The van der Waals surface area contributed by atoms with Crippen molar-refractivity contribution >= 4 is 58.0 Å². The quantitative estimate of drug-likeness (QED) is 0.517. The monoisotopic (exact) mass is 533 g/mol. The van der Waals surface area contributed by atoms with E-state index in [2.05, 4.69) is 10.1 Å². The van der Waals surface area contributed by atoms with E-state index >= 15 is 0 Å². The standard InChI is InChI=1S/C28H21Cl2N3O4/c29-18-9-5-16(6-10-18)23-15-22(32-33(23)24(34)13-14-25(35)36)27-26(17-7-11-19(30)12-8-17)20-3-1-2-4-21(20)31-28(27)37/h1-12,20,23H,13-15H2,(H,35,36). The highest BCUT2D eigenvalue weighted by atomic mass is 35.5. The smallest absolute Gasteiger partial charge is 0.303 e. The number of amides is 2. The van der Waals surface area contributed by atoms with Crippen LogP contribution in [0.5, 0.6) is 0 Å². The molecular formula is C28H21Cl2N3O4. The van der Waals surface area contributed by atoms with Gasteiger partial charge in [0.25, 0.3) is 5.91 Å². The molecule has 2 aliphatic heterocycles. The van der Waals surface area contributed by atoms with Crippen LogP contribution in [0.1, 0.15) is 36.4 Å². The molecule has 3 aliphatic rings. The van der Waals surface area contributed by atoms with E-state index in [0.29, 0.717) is 27.0 Å². The molecule has 0 saturated heterocycles. The Labute approximate surface area is 223 Å². The van der Waals surface area contributed by atoms with Gasteiger partial charge in [-0.05, 0) is 47.0 Å². The summed E-state index contributed by atoms with van der Waals surface area (Å²) in [5.41, 5.74) is 3.69. The Morgan fingerprint density at radius 2 is 1.65 bits per heavy atom. The maximum atomic E-state index is 13.5. The second kappa shape index (κ2) is 10.3. The lowest BCUT2D eigenvalue weighted by Gasteiger charge is -2.26. The third kappa shape index (κ3) is 5.05. The number of aliphatic carboxylic acids is 1. The van der Waals surface area contributed by atoms with Crippen molar-refractivity contribution in [3.63, 3.8) is 0 Å². The van der Waals surface area contributed by atoms with Crippen molar-refractivity contribution in [3.05, 3.63) is 99.6 Å². The lowest BCUT2D eigenvalue weighted by Crippen LogP contribution is -2.27. The minimum Gasteiger partial charge on any atom is -0.481 e. The van der Waals surface area contributed by atoms with E-state index in [0.717, 1.165) is 16.7 Å². The first-order valence-electron chi connectivity index (χ1n) is 11.7. The van der Waals surface area contributed by atoms with Gasteiger partial charge in [0.15, 0.2) is 0 Å². The van der Waals surface area contributed by atoms with Gasteiger partial charge < -0.3 is 5.11 Å². The first-order chi connectivity index (χ1) is 17.8. The van der Waals surface area contributed by atoms with Gasteiger partial charge in [-0.2, -0.15) is 5.10 Å². The zero-order valence-corrected chi connectivity index (χ0v) is 21.0. The summed E-state index contributed by atoms with van der Waals surface area (Å²) in [6, 6.07) is 13.7. The van der Waals surface area contributed by atoms with E-state index in [1.807, 2.05) is 36.4 Å². The molecule has 7 nitrogen and oxygen atoms in total. The average Bonchev–Trinajstić information content (AvgIpc) is 3.32. The summed E-state index contributed by atoms with van der Waals surface area (Å²) in [7, 11) is 0. The summed E-state index contributed by atoms with van der Waals surface area (Å²) in [4.78, 5) is 42.0. The fourth-order valence-corrected chi connectivity index (χ4v) is 4.97. The molecule has 2 heterocycles. The number of hydrazone groups is 1. The van der Waals surface area contributed by atoms with Crippen molar-refractivity contribution in [2.75, 3.05) is 0 Å². The van der Waals surface area contributed by atoms with Gasteiger partial charge in [0, 0.05) is 28.8 Å². The highest BCUT2D eigenvalue weighted by molar-refractivity contribution is 6.34. The number of nitrogens with zero attached hydrogens (tertiary/aromatic N) is 3. The van der Waals surface area contributed by atoms with Crippen molar-refractivity contribution in [3.8, 4) is 0 Å². The summed E-state index contributed by atoms with van der Waals surface area (Å²) >= 11 is 12.2. The maximum Gasteiger partial charge on any atom is 0.303 e. The van der Waals surface area contributed by atoms with Crippen LogP contribution in [0.15, 0.2) is 88.5 Å². The fraction of sp³-hybridized carbons (Fsp3) is 0.179. The Morgan fingerprint density at radius 3 is 2.32 bits per heavy atom. The number of dihydropyridines is 1. The molecule has 0 aromatic heterocycles. The van der Waals surface area contributed by atoms with Gasteiger partial charge in [0.2, 0.25) is 5.91 Å². The predicted octanol–water partition coefficient (Wildman–Crippen LogP) is 5.66. The summed E-state index contributed by atoms with van der Waals surface area (Å²) in [5, 5.41) is 16.1. The minimum atomic E-state index is -1.08. The Balaban J connectivity index is 1.62. The van der Waals surface area contributed by atoms with Gasteiger partial charge in [-0.1, -0.05) is 65.7 Å². The van der Waals surface area contributed by atoms with E-state index in [4.69, 9.17) is 28.3 Å². The van der Waals surface area contributed by atoms with Gasteiger partial charge in [-0.15, -0.1) is 0 Å². The van der Waals surface area contributed by atoms with Crippen molar-refractivity contribution in [2.24, 2.45) is 16.0 Å². The number of aliphatic imine (C=N–C) groups is 1. The molecule has 2 unspecified atom stereocenters. The van der Waals surface area contributed by atoms with Crippen molar-refractivity contribution in [1.82, 2.24) is 5.01 Å².